The van der Waals surface area contributed by atoms with E-state index in [2.05, 4.69) is 24.1 Å². The molecule has 1 N–H and O–H groups in total. The average molecular weight is 295 g/mol. The lowest BCUT2D eigenvalue weighted by Crippen LogP contribution is -2.53. The molecule has 0 saturated carbocycles. The minimum atomic E-state index is -4.48. The van der Waals surface area contributed by atoms with Crippen molar-refractivity contribution in [1.82, 2.24) is 15.1 Å². The van der Waals surface area contributed by atoms with E-state index in [4.69, 9.17) is 4.74 Å². The highest BCUT2D eigenvalue weighted by molar-refractivity contribution is 5.81. The predicted octanol–water partition coefficient (Wildman–Crippen LogP) is 0.416. The van der Waals surface area contributed by atoms with Crippen molar-refractivity contribution in [2.75, 3.05) is 32.7 Å². The molecule has 2 heterocycles. The number of carbonyl (C=O) groups is 1. The summed E-state index contributed by atoms with van der Waals surface area (Å²) < 4.78 is 42.2. The summed E-state index contributed by atoms with van der Waals surface area (Å²) in [6, 6.07) is 0.409. The summed E-state index contributed by atoms with van der Waals surface area (Å²) in [4.78, 5) is 15.9. The molecular formula is C12H20F3N3O2. The van der Waals surface area contributed by atoms with Gasteiger partial charge in [0.2, 0.25) is 6.23 Å². The fourth-order valence-electron chi connectivity index (χ4n) is 2.48. The minimum absolute atomic E-state index is 0.0899. The van der Waals surface area contributed by atoms with Crippen LogP contribution in [0.15, 0.2) is 0 Å². The zero-order valence-electron chi connectivity index (χ0n) is 11.6. The van der Waals surface area contributed by atoms with Gasteiger partial charge in [-0.3, -0.25) is 15.0 Å². The van der Waals surface area contributed by atoms with Crippen molar-refractivity contribution in [3.8, 4) is 0 Å². The summed E-state index contributed by atoms with van der Waals surface area (Å²) in [5.41, 5.74) is 0. The number of carbonyl (C=O) groups excluding carboxylic acids is 1. The van der Waals surface area contributed by atoms with Gasteiger partial charge in [-0.05, 0) is 13.8 Å². The van der Waals surface area contributed by atoms with Crippen LogP contribution in [0.25, 0.3) is 0 Å². The third kappa shape index (κ3) is 3.42. The standard InChI is InChI=1S/C12H20F3N3O2/c1-8(2)17-3-5-18(6-4-17)10(19)9-7-16-11(20-9)12(13,14)15/h8-9,11,16H,3-7H2,1-2H3. The summed E-state index contributed by atoms with van der Waals surface area (Å²) in [7, 11) is 0. The SMILES string of the molecule is CC(C)N1CCN(C(=O)C2CNC(C(F)(F)F)O2)CC1. The second-order valence-electron chi connectivity index (χ2n) is 5.41. The molecule has 5 nitrogen and oxygen atoms in total. The van der Waals surface area contributed by atoms with Crippen LogP contribution in [0.2, 0.25) is 0 Å². The van der Waals surface area contributed by atoms with Gasteiger partial charge in [-0.2, -0.15) is 13.2 Å². The van der Waals surface area contributed by atoms with E-state index in [9.17, 15) is 18.0 Å². The van der Waals surface area contributed by atoms with Crippen molar-refractivity contribution in [3.63, 3.8) is 0 Å². The number of piperazine rings is 1. The van der Waals surface area contributed by atoms with Crippen LogP contribution in [0, 0.1) is 0 Å². The molecule has 2 aliphatic rings. The molecule has 0 bridgehead atoms. The zero-order chi connectivity index (χ0) is 14.9. The van der Waals surface area contributed by atoms with Crippen LogP contribution in [0.5, 0.6) is 0 Å². The Balaban J connectivity index is 1.85. The Morgan fingerprint density at radius 1 is 1.25 bits per heavy atom. The molecule has 0 aromatic carbocycles. The van der Waals surface area contributed by atoms with E-state index >= 15 is 0 Å². The smallest absolute Gasteiger partial charge is 0.339 e. The zero-order valence-corrected chi connectivity index (χ0v) is 11.6. The second kappa shape index (κ2) is 5.87. The molecule has 2 atom stereocenters. The Morgan fingerprint density at radius 2 is 1.85 bits per heavy atom. The number of amides is 1. The Labute approximate surface area is 116 Å². The summed E-state index contributed by atoms with van der Waals surface area (Å²) in [6.07, 6.45) is -7.55. The molecule has 8 heteroatoms. The lowest BCUT2D eigenvalue weighted by molar-refractivity contribution is -0.221. The predicted molar refractivity (Wildman–Crippen MR) is 66.0 cm³/mol. The van der Waals surface area contributed by atoms with Gasteiger partial charge in [0.15, 0.2) is 6.10 Å². The van der Waals surface area contributed by atoms with Crippen molar-refractivity contribution in [1.29, 1.82) is 0 Å². The molecule has 1 amide bonds. The maximum atomic E-state index is 12.5. The highest BCUT2D eigenvalue weighted by Gasteiger charge is 2.47. The lowest BCUT2D eigenvalue weighted by Gasteiger charge is -2.37. The van der Waals surface area contributed by atoms with Gasteiger partial charge >= 0.3 is 6.18 Å². The molecule has 2 fully saturated rings. The minimum Gasteiger partial charge on any atom is -0.339 e. The Bertz CT molecular complexity index is 354. The first-order valence-corrected chi connectivity index (χ1v) is 6.77. The van der Waals surface area contributed by atoms with Crippen LogP contribution >= 0.6 is 0 Å². The molecule has 116 valence electrons. The fraction of sp³-hybridized carbons (Fsp3) is 0.917. The third-order valence-electron chi connectivity index (χ3n) is 3.72. The van der Waals surface area contributed by atoms with Crippen molar-refractivity contribution >= 4 is 5.91 Å². The topological polar surface area (TPSA) is 44.8 Å². The number of halogens is 3. The Kier molecular flexibility index (Phi) is 4.55. The molecule has 0 aromatic heterocycles. The van der Waals surface area contributed by atoms with Gasteiger partial charge in [0.05, 0.1) is 0 Å². The van der Waals surface area contributed by atoms with Crippen LogP contribution in [-0.2, 0) is 9.53 Å². The number of ether oxygens (including phenoxy) is 1. The normalized spacial score (nSPS) is 29.2. The first kappa shape index (κ1) is 15.5. The van der Waals surface area contributed by atoms with Gasteiger partial charge in [-0.1, -0.05) is 0 Å². The monoisotopic (exact) mass is 295 g/mol. The van der Waals surface area contributed by atoms with Crippen molar-refractivity contribution < 1.29 is 22.7 Å². The van der Waals surface area contributed by atoms with Crippen LogP contribution in [0.4, 0.5) is 13.2 Å². The number of rotatable bonds is 2. The fourth-order valence-corrected chi connectivity index (χ4v) is 2.48. The van der Waals surface area contributed by atoms with E-state index in [0.29, 0.717) is 19.1 Å². The largest absolute Gasteiger partial charge is 0.428 e. The van der Waals surface area contributed by atoms with Gasteiger partial charge in [-0.25, -0.2) is 0 Å². The maximum absolute atomic E-state index is 12.5. The van der Waals surface area contributed by atoms with E-state index in [1.165, 1.54) is 0 Å². The van der Waals surface area contributed by atoms with Gasteiger partial charge in [0.1, 0.15) is 0 Å². The molecule has 0 spiro atoms. The van der Waals surface area contributed by atoms with Crippen LogP contribution in [0.1, 0.15) is 13.8 Å². The highest BCUT2D eigenvalue weighted by atomic mass is 19.4. The van der Waals surface area contributed by atoms with Crippen LogP contribution in [0.3, 0.4) is 0 Å². The van der Waals surface area contributed by atoms with Gasteiger partial charge < -0.3 is 9.64 Å². The summed E-state index contributed by atoms with van der Waals surface area (Å²) in [5, 5.41) is 2.19. The first-order chi connectivity index (χ1) is 9.29. The number of hydrogen-bond acceptors (Lipinski definition) is 4. The molecule has 0 radical (unpaired) electrons. The second-order valence-corrected chi connectivity index (χ2v) is 5.41. The van der Waals surface area contributed by atoms with Crippen molar-refractivity contribution in [2.45, 2.75) is 38.4 Å². The van der Waals surface area contributed by atoms with E-state index in [0.717, 1.165) is 13.1 Å². The van der Waals surface area contributed by atoms with Crippen LogP contribution in [-0.4, -0.2) is 73.0 Å². The summed E-state index contributed by atoms with van der Waals surface area (Å²) in [6.45, 7) is 6.62. The van der Waals surface area contributed by atoms with Gasteiger partial charge in [0, 0.05) is 38.8 Å². The van der Waals surface area contributed by atoms with Gasteiger partial charge in [0.25, 0.3) is 5.91 Å². The van der Waals surface area contributed by atoms with Crippen molar-refractivity contribution in [2.24, 2.45) is 0 Å². The highest BCUT2D eigenvalue weighted by Crippen LogP contribution is 2.25. The first-order valence-electron chi connectivity index (χ1n) is 6.77. The Morgan fingerprint density at radius 3 is 2.30 bits per heavy atom. The van der Waals surface area contributed by atoms with E-state index < -0.39 is 18.5 Å². The Hall–Kier alpha value is -0.860. The van der Waals surface area contributed by atoms with Gasteiger partial charge in [-0.15, -0.1) is 0 Å². The molecule has 0 aliphatic carbocycles. The van der Waals surface area contributed by atoms with E-state index in [-0.39, 0.29) is 12.5 Å². The summed E-state index contributed by atoms with van der Waals surface area (Å²) >= 11 is 0. The van der Waals surface area contributed by atoms with E-state index in [1.807, 2.05) is 0 Å². The number of nitrogens with zero attached hydrogens (tertiary/aromatic N) is 2. The molecule has 20 heavy (non-hydrogen) atoms. The molecule has 2 aliphatic heterocycles. The number of alkyl halides is 3. The number of nitrogens with one attached hydrogen (secondary N) is 1. The van der Waals surface area contributed by atoms with Crippen molar-refractivity contribution in [3.05, 3.63) is 0 Å². The molecular weight excluding hydrogens is 275 g/mol. The summed E-state index contributed by atoms with van der Waals surface area (Å²) in [5.74, 6) is -0.354. The molecule has 0 aromatic rings. The lowest BCUT2D eigenvalue weighted by atomic mass is 10.2. The van der Waals surface area contributed by atoms with E-state index in [1.54, 1.807) is 4.90 Å². The third-order valence-corrected chi connectivity index (χ3v) is 3.72. The quantitative estimate of drug-likeness (QED) is 0.802. The average Bonchev–Trinajstić information content (AvgIpc) is 2.87. The van der Waals surface area contributed by atoms with Crippen LogP contribution < -0.4 is 5.32 Å². The number of hydrogen-bond donors (Lipinski definition) is 1. The molecule has 2 saturated heterocycles. The molecule has 2 unspecified atom stereocenters. The molecule has 2 rings (SSSR count). The maximum Gasteiger partial charge on any atom is 0.428 e.